The van der Waals surface area contributed by atoms with Crippen LogP contribution in [0.1, 0.15) is 64.8 Å². The van der Waals surface area contributed by atoms with Gasteiger partial charge in [0.15, 0.2) is 17.3 Å². The largest absolute Gasteiger partial charge is 0.483 e. The summed E-state index contributed by atoms with van der Waals surface area (Å²) in [6, 6.07) is 17.5. The van der Waals surface area contributed by atoms with E-state index in [1.165, 1.54) is 30.3 Å². The number of aromatic nitrogens is 2. The van der Waals surface area contributed by atoms with Gasteiger partial charge in [-0.05, 0) is 80.8 Å². The summed E-state index contributed by atoms with van der Waals surface area (Å²) >= 11 is 0. The number of benzene rings is 3. The Bertz CT molecular complexity index is 2570. The smallest absolute Gasteiger partial charge is 0.266 e. The Morgan fingerprint density at radius 2 is 1.55 bits per heavy atom. The van der Waals surface area contributed by atoms with Gasteiger partial charge in [0.2, 0.25) is 29.6 Å². The molecule has 0 radical (unpaired) electrons. The average Bonchev–Trinajstić information content (AvgIpc) is 3.56. The molecule has 0 aliphatic carbocycles. The van der Waals surface area contributed by atoms with Gasteiger partial charge in [-0.3, -0.25) is 43.8 Å². The van der Waals surface area contributed by atoms with Gasteiger partial charge in [0.25, 0.3) is 17.7 Å². The average molecular weight is 909 g/mol. The van der Waals surface area contributed by atoms with Crippen molar-refractivity contribution in [3.05, 3.63) is 89.6 Å². The number of rotatable bonds is 18. The van der Waals surface area contributed by atoms with E-state index in [1.54, 1.807) is 23.2 Å². The number of nitrogens with one attached hydrogen (secondary N) is 5. The number of piperidine rings is 1. The molecule has 0 spiro atoms. The van der Waals surface area contributed by atoms with E-state index >= 15 is 0 Å². The number of carbonyl (C=O) groups is 7. The summed E-state index contributed by atoms with van der Waals surface area (Å²) < 4.78 is 28.4. The minimum absolute atomic E-state index is 0.00653. The summed E-state index contributed by atoms with van der Waals surface area (Å²) in [5, 5.41) is 14.0. The molecule has 340 valence electrons. The standard InChI is InChI=1S/C44H48N10O10S/c1-27-25-47-44(51-40(27)48-29-6-4-7-31(24-29)65(62)63)49-28-10-12-30(13-11-28)52-20-22-53(23-21-52)38(58)17-16-35(55)45-18-2-3-19-46-37(57)26-64-34-9-5-8-32-39(34)43(61)54(42(32)60)33-14-15-36(56)50-41(33)59/h4-13,24-25,33,65H,2-3,14-23,26H2,1H3,(H,45,55)(H,46,57)(H,50,56,59)(H2,47,48,49,51). The second kappa shape index (κ2) is 20.8. The van der Waals surface area contributed by atoms with Crippen LogP contribution < -0.4 is 36.2 Å². The third-order valence-corrected chi connectivity index (χ3v) is 11.7. The molecule has 7 amide bonds. The zero-order valence-corrected chi connectivity index (χ0v) is 36.4. The highest BCUT2D eigenvalue weighted by atomic mass is 32.2. The minimum Gasteiger partial charge on any atom is -0.483 e. The maximum absolute atomic E-state index is 13.2. The van der Waals surface area contributed by atoms with Crippen LogP contribution >= 0.6 is 0 Å². The second-order valence-corrected chi connectivity index (χ2v) is 16.5. The van der Waals surface area contributed by atoms with Gasteiger partial charge in [0.1, 0.15) is 17.6 Å². The lowest BCUT2D eigenvalue weighted by atomic mass is 10.0. The summed E-state index contributed by atoms with van der Waals surface area (Å²) in [6.07, 6.45) is 2.96. The number of aryl methyl sites for hydroxylation is 1. The second-order valence-electron chi connectivity index (χ2n) is 15.5. The summed E-state index contributed by atoms with van der Waals surface area (Å²) in [5.41, 5.74) is 3.13. The highest BCUT2D eigenvalue weighted by molar-refractivity contribution is 7.72. The predicted molar refractivity (Wildman–Crippen MR) is 237 cm³/mol. The SMILES string of the molecule is Cc1cnc(Nc2ccc(N3CCN(C(=O)CCC(=O)NCCCCNC(=O)COc4cccc5c4C(=O)N(C4CCC(=O)NC4=O)C5=O)CC3)cc2)nc1Nc1cccc([SH](=O)=O)c1. The van der Waals surface area contributed by atoms with Gasteiger partial charge in [-0.25, -0.2) is 13.4 Å². The number of unbranched alkanes of at least 4 members (excludes halogenated alkanes) is 1. The first-order valence-electron chi connectivity index (χ1n) is 21.1. The molecular formula is C44H48N10O10S. The third-order valence-electron chi connectivity index (χ3n) is 11.0. The third kappa shape index (κ3) is 11.4. The summed E-state index contributed by atoms with van der Waals surface area (Å²) in [6.45, 7) is 4.39. The van der Waals surface area contributed by atoms with Gasteiger partial charge in [-0.15, -0.1) is 0 Å². The Morgan fingerprint density at radius 3 is 2.28 bits per heavy atom. The van der Waals surface area contributed by atoms with Crippen LogP contribution in [0.15, 0.2) is 77.8 Å². The number of amides is 7. The first kappa shape index (κ1) is 45.6. The molecule has 4 heterocycles. The van der Waals surface area contributed by atoms with Crippen LogP contribution in [0.4, 0.5) is 28.8 Å². The monoisotopic (exact) mass is 908 g/mol. The number of imide groups is 2. The van der Waals surface area contributed by atoms with Crippen molar-refractivity contribution < 1.29 is 46.7 Å². The van der Waals surface area contributed by atoms with Crippen molar-refractivity contribution in [1.82, 2.24) is 35.7 Å². The van der Waals surface area contributed by atoms with Crippen LogP contribution in [0.3, 0.4) is 0 Å². The quantitative estimate of drug-likeness (QED) is 0.0475. The van der Waals surface area contributed by atoms with Crippen LogP contribution in [-0.4, -0.2) is 121 Å². The molecule has 2 saturated heterocycles. The van der Waals surface area contributed by atoms with Crippen molar-refractivity contribution in [3.8, 4) is 5.75 Å². The number of nitrogens with zero attached hydrogens (tertiary/aromatic N) is 5. The number of carbonyl (C=O) groups excluding carboxylic acids is 7. The minimum atomic E-state index is -2.71. The topological polar surface area (TPSA) is 259 Å². The van der Waals surface area contributed by atoms with E-state index in [4.69, 9.17) is 4.74 Å². The molecule has 3 aliphatic heterocycles. The normalized spacial score (nSPS) is 16.0. The van der Waals surface area contributed by atoms with Crippen molar-refractivity contribution in [2.45, 2.75) is 56.4 Å². The van der Waals surface area contributed by atoms with Crippen molar-refractivity contribution >= 4 is 80.9 Å². The Labute approximate surface area is 375 Å². The molecule has 7 rings (SSSR count). The Balaban J connectivity index is 0.754. The Kier molecular flexibility index (Phi) is 14.6. The molecule has 2 fully saturated rings. The molecule has 0 saturated carbocycles. The van der Waals surface area contributed by atoms with E-state index in [9.17, 15) is 42.0 Å². The Hall–Kier alpha value is -7.42. The molecule has 65 heavy (non-hydrogen) atoms. The summed E-state index contributed by atoms with van der Waals surface area (Å²) in [5.74, 6) is -2.48. The fourth-order valence-electron chi connectivity index (χ4n) is 7.53. The highest BCUT2D eigenvalue weighted by Gasteiger charge is 2.46. The molecule has 21 heteroatoms. The summed E-state index contributed by atoms with van der Waals surface area (Å²) in [4.78, 5) is 102. The van der Waals surface area contributed by atoms with E-state index < -0.39 is 52.9 Å². The molecule has 3 aromatic carbocycles. The van der Waals surface area contributed by atoms with Gasteiger partial charge >= 0.3 is 0 Å². The first-order valence-corrected chi connectivity index (χ1v) is 22.3. The number of ether oxygens (including phenoxy) is 1. The number of thiol groups is 1. The fraction of sp³-hybridized carbons (Fsp3) is 0.341. The molecule has 4 aromatic rings. The van der Waals surface area contributed by atoms with Crippen LogP contribution in [0, 0.1) is 6.92 Å². The fourth-order valence-corrected chi connectivity index (χ4v) is 7.98. The number of anilines is 5. The van der Waals surface area contributed by atoms with Gasteiger partial charge in [0, 0.05) is 87.4 Å². The van der Waals surface area contributed by atoms with E-state index in [1.807, 2.05) is 31.2 Å². The maximum Gasteiger partial charge on any atom is 0.266 e. The highest BCUT2D eigenvalue weighted by Crippen LogP contribution is 2.34. The molecule has 20 nitrogen and oxygen atoms in total. The van der Waals surface area contributed by atoms with E-state index in [-0.39, 0.29) is 59.3 Å². The van der Waals surface area contributed by atoms with E-state index in [0.29, 0.717) is 69.6 Å². The number of hydrogen-bond donors (Lipinski definition) is 6. The van der Waals surface area contributed by atoms with E-state index in [2.05, 4.69) is 41.5 Å². The van der Waals surface area contributed by atoms with Crippen molar-refractivity contribution in [3.63, 3.8) is 0 Å². The zero-order chi connectivity index (χ0) is 46.0. The van der Waals surface area contributed by atoms with Crippen LogP contribution in [0.25, 0.3) is 0 Å². The Morgan fingerprint density at radius 1 is 0.831 bits per heavy atom. The lowest BCUT2D eigenvalue weighted by Crippen LogP contribution is -2.54. The molecule has 5 N–H and O–H groups in total. The van der Waals surface area contributed by atoms with Crippen LogP contribution in [0.5, 0.6) is 5.75 Å². The molecule has 3 aliphatic rings. The van der Waals surface area contributed by atoms with Crippen molar-refractivity contribution in [2.75, 3.05) is 61.4 Å². The van der Waals surface area contributed by atoms with Crippen LogP contribution in [0.2, 0.25) is 0 Å². The van der Waals surface area contributed by atoms with Gasteiger partial charge < -0.3 is 35.8 Å². The van der Waals surface area contributed by atoms with Crippen molar-refractivity contribution in [1.29, 1.82) is 0 Å². The molecule has 1 aromatic heterocycles. The number of fused-ring (bicyclic) bond motifs is 1. The first-order chi connectivity index (χ1) is 31.3. The van der Waals surface area contributed by atoms with Crippen LogP contribution in [-0.2, 0) is 34.7 Å². The molecule has 1 unspecified atom stereocenters. The summed E-state index contributed by atoms with van der Waals surface area (Å²) in [7, 11) is -2.71. The van der Waals surface area contributed by atoms with Gasteiger partial charge in [0.05, 0.1) is 16.0 Å². The molecule has 0 bridgehead atoms. The lowest BCUT2D eigenvalue weighted by molar-refractivity contribution is -0.136. The molecule has 1 atom stereocenters. The predicted octanol–water partition coefficient (Wildman–Crippen LogP) is 2.16. The van der Waals surface area contributed by atoms with Crippen molar-refractivity contribution in [2.24, 2.45) is 0 Å². The number of piperazine rings is 1. The maximum atomic E-state index is 13.2. The van der Waals surface area contributed by atoms with E-state index in [0.717, 1.165) is 21.8 Å². The van der Waals surface area contributed by atoms with Gasteiger partial charge in [-0.2, -0.15) is 4.98 Å². The number of hydrogen-bond acceptors (Lipinski definition) is 15. The zero-order valence-electron chi connectivity index (χ0n) is 35.5. The van der Waals surface area contributed by atoms with Gasteiger partial charge in [-0.1, -0.05) is 12.1 Å². The lowest BCUT2D eigenvalue weighted by Gasteiger charge is -2.36. The molecular weight excluding hydrogens is 861 g/mol.